The second-order valence-electron chi connectivity index (χ2n) is 6.36. The monoisotopic (exact) mass is 240 g/mol. The van der Waals surface area contributed by atoms with Crippen LogP contribution in [0, 0.1) is 11.8 Å². The van der Waals surface area contributed by atoms with Gasteiger partial charge in [0, 0.05) is 25.4 Å². The van der Waals surface area contributed by atoms with Gasteiger partial charge in [-0.25, -0.2) is 0 Å². The number of ether oxygens (including phenoxy) is 2. The van der Waals surface area contributed by atoms with Gasteiger partial charge in [-0.1, -0.05) is 0 Å². The summed E-state index contributed by atoms with van der Waals surface area (Å²) in [5.74, 6) is 1.49. The maximum absolute atomic E-state index is 6.22. The van der Waals surface area contributed by atoms with E-state index in [4.69, 9.17) is 9.47 Å². The van der Waals surface area contributed by atoms with Gasteiger partial charge in [-0.05, 0) is 33.1 Å². The van der Waals surface area contributed by atoms with Crippen molar-refractivity contribution in [2.24, 2.45) is 11.8 Å². The van der Waals surface area contributed by atoms with Crippen LogP contribution in [0.1, 0.15) is 39.5 Å². The molecule has 0 radical (unpaired) electrons. The van der Waals surface area contributed by atoms with Crippen LogP contribution in [0.25, 0.3) is 0 Å². The summed E-state index contributed by atoms with van der Waals surface area (Å²) in [6.07, 6.45) is 6.43. The van der Waals surface area contributed by atoms with E-state index in [9.17, 15) is 0 Å². The summed E-state index contributed by atoms with van der Waals surface area (Å²) in [6.45, 7) is 4.62. The van der Waals surface area contributed by atoms with E-state index >= 15 is 0 Å². The third-order valence-electron chi connectivity index (χ3n) is 5.30. The summed E-state index contributed by atoms with van der Waals surface area (Å²) in [4.78, 5) is 0. The van der Waals surface area contributed by atoms with Crippen molar-refractivity contribution >= 4 is 0 Å². The van der Waals surface area contributed by atoms with E-state index in [0.29, 0.717) is 18.3 Å². The molecular weight excluding hydrogens is 214 g/mol. The van der Waals surface area contributed by atoms with E-state index < -0.39 is 0 Å². The molecule has 2 N–H and O–H groups in total. The molecule has 0 aromatic heterocycles. The average Bonchev–Trinajstić information content (AvgIpc) is 2.72. The molecular formula is C14H26NO2+. The highest BCUT2D eigenvalue weighted by Gasteiger charge is 2.52. The lowest BCUT2D eigenvalue weighted by Gasteiger charge is -2.44. The van der Waals surface area contributed by atoms with Crippen LogP contribution in [-0.2, 0) is 9.47 Å². The number of hydrogen-bond donors (Lipinski definition) is 1. The first kappa shape index (κ1) is 11.9. The molecule has 98 valence electrons. The Balaban J connectivity index is 1.77. The van der Waals surface area contributed by atoms with Gasteiger partial charge in [-0.15, -0.1) is 0 Å². The summed E-state index contributed by atoms with van der Waals surface area (Å²) in [5.41, 5.74) is 0. The molecule has 3 rings (SSSR count). The Kier molecular flexibility index (Phi) is 3.18. The molecule has 1 saturated carbocycles. The lowest BCUT2D eigenvalue weighted by atomic mass is 9.70. The zero-order valence-electron chi connectivity index (χ0n) is 11.3. The first-order chi connectivity index (χ1) is 8.19. The summed E-state index contributed by atoms with van der Waals surface area (Å²) in [7, 11) is 1.86. The van der Waals surface area contributed by atoms with Crippen LogP contribution >= 0.6 is 0 Å². The van der Waals surface area contributed by atoms with Gasteiger partial charge in [-0.2, -0.15) is 0 Å². The predicted molar refractivity (Wildman–Crippen MR) is 65.8 cm³/mol. The van der Waals surface area contributed by atoms with Crippen molar-refractivity contribution in [2.45, 2.75) is 69.9 Å². The van der Waals surface area contributed by atoms with Gasteiger partial charge in [0.05, 0.1) is 30.4 Å². The average molecular weight is 240 g/mol. The Labute approximate surface area is 104 Å². The third kappa shape index (κ3) is 2.02. The van der Waals surface area contributed by atoms with Gasteiger partial charge < -0.3 is 14.8 Å². The van der Waals surface area contributed by atoms with Gasteiger partial charge in [0.1, 0.15) is 0 Å². The van der Waals surface area contributed by atoms with Crippen molar-refractivity contribution in [3.8, 4) is 0 Å². The molecule has 0 aromatic rings. The van der Waals surface area contributed by atoms with E-state index in [1.165, 1.54) is 25.7 Å². The van der Waals surface area contributed by atoms with E-state index in [2.05, 4.69) is 19.2 Å². The van der Waals surface area contributed by atoms with Gasteiger partial charge >= 0.3 is 0 Å². The van der Waals surface area contributed by atoms with Gasteiger partial charge in [0.15, 0.2) is 0 Å². The molecule has 17 heavy (non-hydrogen) atoms. The van der Waals surface area contributed by atoms with E-state index in [1.807, 2.05) is 7.11 Å². The quantitative estimate of drug-likeness (QED) is 0.740. The lowest BCUT2D eigenvalue weighted by molar-refractivity contribution is -0.745. The highest BCUT2D eigenvalue weighted by molar-refractivity contribution is 4.96. The number of quaternary nitrogens is 1. The van der Waals surface area contributed by atoms with E-state index in [-0.39, 0.29) is 0 Å². The van der Waals surface area contributed by atoms with Crippen LogP contribution in [0.2, 0.25) is 0 Å². The second-order valence-corrected chi connectivity index (χ2v) is 6.36. The van der Waals surface area contributed by atoms with Crippen molar-refractivity contribution in [3.63, 3.8) is 0 Å². The minimum absolute atomic E-state index is 0.461. The molecule has 3 heteroatoms. The Bertz CT molecular complexity index is 283. The Morgan fingerprint density at radius 1 is 1.12 bits per heavy atom. The van der Waals surface area contributed by atoms with Crippen LogP contribution in [0.15, 0.2) is 0 Å². The Morgan fingerprint density at radius 2 is 1.94 bits per heavy atom. The SMILES string of the molecule is COC1CCC2[NH2+]C(C)C3CC(C)OC3C2C1. The van der Waals surface area contributed by atoms with Crippen molar-refractivity contribution in [1.29, 1.82) is 0 Å². The van der Waals surface area contributed by atoms with Crippen molar-refractivity contribution in [2.75, 3.05) is 7.11 Å². The number of nitrogens with two attached hydrogens (primary N) is 1. The van der Waals surface area contributed by atoms with Gasteiger partial charge in [-0.3, -0.25) is 0 Å². The van der Waals surface area contributed by atoms with Crippen LogP contribution < -0.4 is 5.32 Å². The fourth-order valence-corrected chi connectivity index (χ4v) is 4.43. The minimum Gasteiger partial charge on any atom is -0.381 e. The fourth-order valence-electron chi connectivity index (χ4n) is 4.43. The maximum Gasteiger partial charge on any atom is 0.0916 e. The maximum atomic E-state index is 6.22. The number of fused-ring (bicyclic) bond motifs is 3. The van der Waals surface area contributed by atoms with E-state index in [0.717, 1.165) is 23.9 Å². The molecule has 0 aromatic carbocycles. The minimum atomic E-state index is 0.461. The molecule has 3 nitrogen and oxygen atoms in total. The number of rotatable bonds is 1. The molecule has 2 saturated heterocycles. The summed E-state index contributed by atoms with van der Waals surface area (Å²) >= 11 is 0. The molecule has 0 spiro atoms. The first-order valence-electron chi connectivity index (χ1n) is 7.22. The molecule has 2 aliphatic heterocycles. The van der Waals surface area contributed by atoms with Crippen LogP contribution in [0.3, 0.4) is 0 Å². The van der Waals surface area contributed by atoms with Crippen molar-refractivity contribution in [3.05, 3.63) is 0 Å². The normalized spacial score (nSPS) is 54.2. The topological polar surface area (TPSA) is 35.1 Å². The molecule has 3 fully saturated rings. The number of methoxy groups -OCH3 is 1. The highest BCUT2D eigenvalue weighted by Crippen LogP contribution is 2.41. The fraction of sp³-hybridized carbons (Fsp3) is 1.00. The molecule has 1 aliphatic carbocycles. The van der Waals surface area contributed by atoms with E-state index in [1.54, 1.807) is 0 Å². The third-order valence-corrected chi connectivity index (χ3v) is 5.30. The molecule has 7 unspecified atom stereocenters. The zero-order chi connectivity index (χ0) is 12.0. The largest absolute Gasteiger partial charge is 0.381 e. The molecule has 0 bridgehead atoms. The zero-order valence-corrected chi connectivity index (χ0v) is 11.3. The Morgan fingerprint density at radius 3 is 2.71 bits per heavy atom. The number of hydrogen-bond acceptors (Lipinski definition) is 2. The summed E-state index contributed by atoms with van der Waals surface area (Å²) < 4.78 is 11.8. The summed E-state index contributed by atoms with van der Waals surface area (Å²) in [5, 5.41) is 2.62. The highest BCUT2D eigenvalue weighted by atomic mass is 16.5. The lowest BCUT2D eigenvalue weighted by Crippen LogP contribution is -3.00. The van der Waals surface area contributed by atoms with Gasteiger partial charge in [0.25, 0.3) is 0 Å². The molecule has 2 heterocycles. The predicted octanol–water partition coefficient (Wildman–Crippen LogP) is 0.929. The standard InChI is InChI=1S/C14H25NO2/c1-8-6-11-9(2)15-13-5-4-10(16-3)7-12(13)14(11)17-8/h8-15H,4-7H2,1-3H3/p+1. The molecule has 0 amide bonds. The first-order valence-corrected chi connectivity index (χ1v) is 7.22. The molecule has 7 atom stereocenters. The van der Waals surface area contributed by atoms with Crippen LogP contribution in [0.5, 0.6) is 0 Å². The van der Waals surface area contributed by atoms with Crippen molar-refractivity contribution in [1.82, 2.24) is 0 Å². The van der Waals surface area contributed by atoms with Crippen LogP contribution in [0.4, 0.5) is 0 Å². The van der Waals surface area contributed by atoms with Crippen LogP contribution in [-0.4, -0.2) is 37.5 Å². The smallest absolute Gasteiger partial charge is 0.0916 e. The Hall–Kier alpha value is -0.120. The van der Waals surface area contributed by atoms with Gasteiger partial charge in [0.2, 0.25) is 0 Å². The van der Waals surface area contributed by atoms with Crippen molar-refractivity contribution < 1.29 is 14.8 Å². The summed E-state index contributed by atoms with van der Waals surface area (Å²) in [6, 6.07) is 1.52. The second kappa shape index (κ2) is 4.52. The molecule has 3 aliphatic rings. The number of piperidine rings is 1.